The highest BCUT2D eigenvalue weighted by atomic mass is 32.2. The molecule has 1 amide bonds. The molecule has 5 nitrogen and oxygen atoms in total. The number of carbonyl (C=O) groups is 1. The van der Waals surface area contributed by atoms with E-state index in [4.69, 9.17) is 0 Å². The van der Waals surface area contributed by atoms with E-state index in [-0.39, 0.29) is 23.9 Å². The van der Waals surface area contributed by atoms with Crippen LogP contribution in [0.3, 0.4) is 0 Å². The lowest BCUT2D eigenvalue weighted by atomic mass is 9.98. The van der Waals surface area contributed by atoms with E-state index in [1.807, 2.05) is 13.8 Å². The summed E-state index contributed by atoms with van der Waals surface area (Å²) in [6, 6.07) is -0.269. The van der Waals surface area contributed by atoms with Crippen molar-refractivity contribution in [1.29, 1.82) is 0 Å². The lowest BCUT2D eigenvalue weighted by molar-refractivity contribution is -0.134. The second kappa shape index (κ2) is 4.49. The third-order valence-corrected chi connectivity index (χ3v) is 5.11. The first-order chi connectivity index (χ1) is 8.25. The van der Waals surface area contributed by atoms with Gasteiger partial charge in [-0.1, -0.05) is 12.8 Å². The van der Waals surface area contributed by atoms with Crippen molar-refractivity contribution in [3.05, 3.63) is 0 Å². The van der Waals surface area contributed by atoms with Gasteiger partial charge in [-0.25, -0.2) is 8.42 Å². The number of hydrogen-bond acceptors (Lipinski definition) is 4. The van der Waals surface area contributed by atoms with Gasteiger partial charge in [0.15, 0.2) is 0 Å². The van der Waals surface area contributed by atoms with Crippen LogP contribution in [0.5, 0.6) is 0 Å². The van der Waals surface area contributed by atoms with E-state index in [0.29, 0.717) is 0 Å². The Bertz CT molecular complexity index is 440. The summed E-state index contributed by atoms with van der Waals surface area (Å²) in [5.41, 5.74) is -0.412. The molecule has 2 atom stereocenters. The zero-order valence-corrected chi connectivity index (χ0v) is 12.1. The lowest BCUT2D eigenvalue weighted by Gasteiger charge is -2.28. The molecular formula is C12H22N2O3S. The van der Waals surface area contributed by atoms with Crippen LogP contribution < -0.4 is 5.32 Å². The van der Waals surface area contributed by atoms with Crippen molar-refractivity contribution in [3.8, 4) is 0 Å². The molecule has 1 spiro atoms. The van der Waals surface area contributed by atoms with Crippen molar-refractivity contribution in [2.45, 2.75) is 57.3 Å². The highest BCUT2D eigenvalue weighted by molar-refractivity contribution is 7.90. The minimum absolute atomic E-state index is 0.0286. The summed E-state index contributed by atoms with van der Waals surface area (Å²) in [4.78, 5) is 14.3. The van der Waals surface area contributed by atoms with Gasteiger partial charge in [-0.2, -0.15) is 0 Å². The largest absolute Gasteiger partial charge is 0.322 e. The maximum Gasteiger partial charge on any atom is 0.244 e. The summed E-state index contributed by atoms with van der Waals surface area (Å²) in [7, 11) is -3.06. The normalized spacial score (nSPS) is 29.2. The SMILES string of the molecule is CC(CS(C)(=O)=O)N1C(=O)C2(CCCC2)NC1C. The van der Waals surface area contributed by atoms with E-state index < -0.39 is 15.4 Å². The molecule has 104 valence electrons. The Balaban J connectivity index is 2.16. The molecule has 0 radical (unpaired) electrons. The van der Waals surface area contributed by atoms with Crippen LogP contribution in [-0.4, -0.2) is 49.0 Å². The number of sulfone groups is 1. The average Bonchev–Trinajstić information content (AvgIpc) is 2.72. The molecule has 2 aliphatic rings. The Labute approximate surface area is 109 Å². The molecular weight excluding hydrogens is 252 g/mol. The van der Waals surface area contributed by atoms with Gasteiger partial charge in [0.1, 0.15) is 9.84 Å². The fourth-order valence-electron chi connectivity index (χ4n) is 3.39. The van der Waals surface area contributed by atoms with E-state index in [1.165, 1.54) is 6.26 Å². The Hall–Kier alpha value is -0.620. The summed E-state index contributed by atoms with van der Waals surface area (Å²) in [5.74, 6) is 0.115. The van der Waals surface area contributed by atoms with Crippen molar-refractivity contribution in [2.24, 2.45) is 0 Å². The van der Waals surface area contributed by atoms with Gasteiger partial charge in [-0.05, 0) is 26.7 Å². The minimum atomic E-state index is -3.06. The van der Waals surface area contributed by atoms with Crippen LogP contribution >= 0.6 is 0 Å². The number of amides is 1. The van der Waals surface area contributed by atoms with Crippen molar-refractivity contribution >= 4 is 15.7 Å². The third kappa shape index (κ3) is 2.40. The Morgan fingerprint density at radius 2 is 2.00 bits per heavy atom. The van der Waals surface area contributed by atoms with Crippen LogP contribution in [0.1, 0.15) is 39.5 Å². The van der Waals surface area contributed by atoms with Gasteiger partial charge in [-0.3, -0.25) is 10.1 Å². The van der Waals surface area contributed by atoms with Crippen LogP contribution in [0.25, 0.3) is 0 Å². The smallest absolute Gasteiger partial charge is 0.244 e. The Morgan fingerprint density at radius 3 is 2.50 bits per heavy atom. The van der Waals surface area contributed by atoms with E-state index >= 15 is 0 Å². The lowest BCUT2D eigenvalue weighted by Crippen LogP contribution is -2.46. The Kier molecular flexibility index (Phi) is 3.44. The molecule has 1 N–H and O–H groups in total. The summed E-state index contributed by atoms with van der Waals surface area (Å²) >= 11 is 0. The predicted octanol–water partition coefficient (Wildman–Crippen LogP) is 0.510. The van der Waals surface area contributed by atoms with E-state index in [9.17, 15) is 13.2 Å². The fourth-order valence-corrected chi connectivity index (χ4v) is 4.43. The monoisotopic (exact) mass is 274 g/mol. The summed E-state index contributed by atoms with van der Waals surface area (Å²) in [6.45, 7) is 3.74. The maximum absolute atomic E-state index is 12.5. The summed E-state index contributed by atoms with van der Waals surface area (Å²) in [5, 5.41) is 3.38. The number of carbonyl (C=O) groups excluding carboxylic acids is 1. The zero-order chi connectivity index (χ0) is 13.6. The summed E-state index contributed by atoms with van der Waals surface area (Å²) < 4.78 is 22.7. The molecule has 18 heavy (non-hydrogen) atoms. The van der Waals surface area contributed by atoms with Gasteiger partial charge in [-0.15, -0.1) is 0 Å². The summed E-state index contributed by atoms with van der Waals surface area (Å²) in [6.07, 6.45) is 5.02. The van der Waals surface area contributed by atoms with Crippen molar-refractivity contribution in [1.82, 2.24) is 10.2 Å². The molecule has 2 fully saturated rings. The van der Waals surface area contributed by atoms with Crippen molar-refractivity contribution in [3.63, 3.8) is 0 Å². The zero-order valence-electron chi connectivity index (χ0n) is 11.3. The maximum atomic E-state index is 12.5. The highest BCUT2D eigenvalue weighted by Gasteiger charge is 2.52. The van der Waals surface area contributed by atoms with Crippen LogP contribution in [0.15, 0.2) is 0 Å². The van der Waals surface area contributed by atoms with Crippen LogP contribution in [0, 0.1) is 0 Å². The predicted molar refractivity (Wildman–Crippen MR) is 69.8 cm³/mol. The molecule has 6 heteroatoms. The molecule has 1 aliphatic carbocycles. The molecule has 1 aliphatic heterocycles. The number of rotatable bonds is 3. The number of hydrogen-bond donors (Lipinski definition) is 1. The van der Waals surface area contributed by atoms with Gasteiger partial charge >= 0.3 is 0 Å². The van der Waals surface area contributed by atoms with Gasteiger partial charge in [0.2, 0.25) is 5.91 Å². The first-order valence-corrected chi connectivity index (χ1v) is 8.59. The van der Waals surface area contributed by atoms with E-state index in [0.717, 1.165) is 25.7 Å². The van der Waals surface area contributed by atoms with Crippen LogP contribution in [0.2, 0.25) is 0 Å². The standard InChI is InChI=1S/C12H22N2O3S/c1-9(8-18(3,16)17)14-10(2)13-12(11(14)15)6-4-5-7-12/h9-10,13H,4-8H2,1-3H3. The van der Waals surface area contributed by atoms with Gasteiger partial charge in [0.25, 0.3) is 0 Å². The van der Waals surface area contributed by atoms with E-state index in [1.54, 1.807) is 4.90 Å². The molecule has 0 bridgehead atoms. The van der Waals surface area contributed by atoms with Crippen molar-refractivity contribution < 1.29 is 13.2 Å². The number of nitrogens with one attached hydrogen (secondary N) is 1. The third-order valence-electron chi connectivity index (χ3n) is 4.02. The average molecular weight is 274 g/mol. The first-order valence-electron chi connectivity index (χ1n) is 6.53. The van der Waals surface area contributed by atoms with E-state index in [2.05, 4.69) is 5.32 Å². The van der Waals surface area contributed by atoms with Crippen LogP contribution in [-0.2, 0) is 14.6 Å². The highest BCUT2D eigenvalue weighted by Crippen LogP contribution is 2.37. The second-order valence-corrected chi connectivity index (χ2v) is 7.95. The first kappa shape index (κ1) is 13.8. The molecule has 0 aromatic heterocycles. The molecule has 0 aromatic rings. The quantitative estimate of drug-likeness (QED) is 0.814. The van der Waals surface area contributed by atoms with Crippen LogP contribution in [0.4, 0.5) is 0 Å². The molecule has 1 heterocycles. The fraction of sp³-hybridized carbons (Fsp3) is 0.917. The molecule has 2 rings (SSSR count). The molecule has 2 unspecified atom stereocenters. The molecule has 1 saturated heterocycles. The second-order valence-electron chi connectivity index (χ2n) is 5.76. The van der Waals surface area contributed by atoms with Gasteiger partial charge in [0.05, 0.1) is 17.5 Å². The number of nitrogens with zero attached hydrogens (tertiary/aromatic N) is 1. The molecule has 1 saturated carbocycles. The Morgan fingerprint density at radius 1 is 1.44 bits per heavy atom. The minimum Gasteiger partial charge on any atom is -0.322 e. The molecule has 0 aromatic carbocycles. The topological polar surface area (TPSA) is 66.5 Å². The van der Waals surface area contributed by atoms with Crippen molar-refractivity contribution in [2.75, 3.05) is 12.0 Å². The van der Waals surface area contributed by atoms with Gasteiger partial charge < -0.3 is 4.90 Å². The van der Waals surface area contributed by atoms with Gasteiger partial charge in [0, 0.05) is 12.3 Å².